The number of benzene rings is 1. The van der Waals surface area contributed by atoms with E-state index < -0.39 is 52.2 Å². The molecule has 0 radical (unpaired) electrons. The third kappa shape index (κ3) is 3.47. The lowest BCUT2D eigenvalue weighted by Crippen LogP contribution is -2.40. The van der Waals surface area contributed by atoms with Crippen molar-refractivity contribution in [3.8, 4) is 23.8 Å². The van der Waals surface area contributed by atoms with Crippen LogP contribution in [0.3, 0.4) is 0 Å². The molecule has 0 saturated heterocycles. The molecule has 152 valence electrons. The number of nitrogens with zero attached hydrogens (tertiary/aromatic N) is 1. The molecule has 2 heterocycles. The molecule has 0 spiro atoms. The van der Waals surface area contributed by atoms with Crippen LogP contribution in [-0.2, 0) is 15.7 Å². The fraction of sp³-hybridized carbons (Fsp3) is 0.235. The second-order valence-corrected chi connectivity index (χ2v) is 5.87. The van der Waals surface area contributed by atoms with Gasteiger partial charge in [0.25, 0.3) is 11.5 Å². The molecular formula is C17H11F4N3O5. The van der Waals surface area contributed by atoms with Gasteiger partial charge < -0.3 is 14.6 Å². The average molecular weight is 413 g/mol. The summed E-state index contributed by atoms with van der Waals surface area (Å²) in [6, 6.07) is 1.64. The summed E-state index contributed by atoms with van der Waals surface area (Å²) in [7, 11) is 0. The number of terminal acetylenes is 1. The summed E-state index contributed by atoms with van der Waals surface area (Å²) < 4.78 is 58.8. The van der Waals surface area contributed by atoms with Crippen LogP contribution in [0.4, 0.5) is 17.6 Å². The van der Waals surface area contributed by atoms with Gasteiger partial charge in [-0.1, -0.05) is 5.92 Å². The number of rotatable bonds is 3. The molecule has 0 bridgehead atoms. The number of fused-ring (bicyclic) bond motifs is 1. The molecule has 1 unspecified atom stereocenters. The molecule has 8 nitrogen and oxygen atoms in total. The monoisotopic (exact) mass is 413 g/mol. The Morgan fingerprint density at radius 3 is 2.62 bits per heavy atom. The van der Waals surface area contributed by atoms with Gasteiger partial charge in [0.05, 0.1) is 5.69 Å². The zero-order chi connectivity index (χ0) is 21.5. The van der Waals surface area contributed by atoms with E-state index in [-0.39, 0.29) is 22.5 Å². The van der Waals surface area contributed by atoms with Gasteiger partial charge in [-0.05, 0) is 13.0 Å². The Kier molecular flexibility index (Phi) is 4.93. The smallest absolute Gasteiger partial charge is 0.379 e. The van der Waals surface area contributed by atoms with Crippen LogP contribution in [0.25, 0.3) is 5.69 Å². The normalized spacial score (nSPS) is 15.9. The quantitative estimate of drug-likeness (QED) is 0.580. The van der Waals surface area contributed by atoms with Gasteiger partial charge in [-0.3, -0.25) is 9.59 Å². The minimum Gasteiger partial charge on any atom is -0.379 e. The highest BCUT2D eigenvalue weighted by Crippen LogP contribution is 2.34. The molecule has 1 aliphatic heterocycles. The van der Waals surface area contributed by atoms with Crippen LogP contribution < -0.4 is 21.6 Å². The molecule has 2 aromatic rings. The van der Waals surface area contributed by atoms with Crippen molar-refractivity contribution >= 4 is 5.91 Å². The van der Waals surface area contributed by atoms with E-state index in [9.17, 15) is 31.9 Å². The molecule has 0 fully saturated rings. The van der Waals surface area contributed by atoms with Gasteiger partial charge in [0, 0.05) is 17.2 Å². The van der Waals surface area contributed by atoms with Gasteiger partial charge in [0.2, 0.25) is 0 Å². The number of H-pyrrole nitrogens is 1. The van der Waals surface area contributed by atoms with Crippen molar-refractivity contribution in [3.05, 3.63) is 55.6 Å². The number of hydroxylamine groups is 1. The first-order valence-electron chi connectivity index (χ1n) is 7.85. The standard InChI is InChI=1S/C17H11F4N3O5/c1-3-4-28-12-8-5-10(9(18)6-11(8)29-23-14(12)25)24-15(26)7(2)13(17(19,20)21)22-16(24)27/h1,5-6,12H,4H2,2H3,(H,22,27)(H,23,25). The van der Waals surface area contributed by atoms with Crippen molar-refractivity contribution in [1.82, 2.24) is 15.0 Å². The Labute approximate surface area is 159 Å². The molecule has 2 N–H and O–H groups in total. The lowest BCUT2D eigenvalue weighted by Gasteiger charge is -2.25. The third-order valence-electron chi connectivity index (χ3n) is 4.05. The molecule has 12 heteroatoms. The van der Waals surface area contributed by atoms with Crippen LogP contribution >= 0.6 is 0 Å². The summed E-state index contributed by atoms with van der Waals surface area (Å²) in [6.07, 6.45) is -1.27. The summed E-state index contributed by atoms with van der Waals surface area (Å²) in [6.45, 7) is 0.535. The number of hydrogen-bond donors (Lipinski definition) is 2. The average Bonchev–Trinajstić information content (AvgIpc) is 2.64. The highest BCUT2D eigenvalue weighted by Gasteiger charge is 2.37. The highest BCUT2D eigenvalue weighted by molar-refractivity contribution is 5.84. The van der Waals surface area contributed by atoms with Crippen molar-refractivity contribution in [2.24, 2.45) is 0 Å². The Hall–Kier alpha value is -3.59. The lowest BCUT2D eigenvalue weighted by atomic mass is 10.0. The van der Waals surface area contributed by atoms with Crippen molar-refractivity contribution in [1.29, 1.82) is 0 Å². The lowest BCUT2D eigenvalue weighted by molar-refractivity contribution is -0.142. The summed E-state index contributed by atoms with van der Waals surface area (Å²) in [5.41, 5.74) is -4.09. The number of carbonyl (C=O) groups is 1. The first-order chi connectivity index (χ1) is 13.6. The molecule has 1 aliphatic rings. The molecule has 1 atom stereocenters. The van der Waals surface area contributed by atoms with Crippen LogP contribution in [0.1, 0.15) is 22.9 Å². The van der Waals surface area contributed by atoms with E-state index in [2.05, 4.69) is 5.92 Å². The molecular weight excluding hydrogens is 402 g/mol. The molecule has 0 aliphatic carbocycles. The van der Waals surface area contributed by atoms with Gasteiger partial charge in [-0.25, -0.2) is 13.8 Å². The second-order valence-electron chi connectivity index (χ2n) is 5.87. The predicted octanol–water partition coefficient (Wildman–Crippen LogP) is 1.11. The van der Waals surface area contributed by atoms with Gasteiger partial charge in [-0.2, -0.15) is 18.7 Å². The van der Waals surface area contributed by atoms with Crippen LogP contribution in [-0.4, -0.2) is 22.1 Å². The number of nitrogens with one attached hydrogen (secondary N) is 2. The van der Waals surface area contributed by atoms with Crippen molar-refractivity contribution in [2.75, 3.05) is 6.61 Å². The zero-order valence-electron chi connectivity index (χ0n) is 14.5. The van der Waals surface area contributed by atoms with Crippen LogP contribution in [0.2, 0.25) is 0 Å². The van der Waals surface area contributed by atoms with Gasteiger partial charge in [-0.15, -0.1) is 6.42 Å². The summed E-state index contributed by atoms with van der Waals surface area (Å²) in [4.78, 5) is 42.9. The van der Waals surface area contributed by atoms with E-state index in [4.69, 9.17) is 16.0 Å². The minimum absolute atomic E-state index is 0.0794. The Morgan fingerprint density at radius 2 is 2.00 bits per heavy atom. The maximum atomic E-state index is 14.6. The number of aromatic nitrogens is 2. The maximum absolute atomic E-state index is 14.6. The zero-order valence-corrected chi connectivity index (χ0v) is 14.5. The van der Waals surface area contributed by atoms with E-state index in [0.717, 1.165) is 19.1 Å². The molecule has 1 aromatic carbocycles. The fourth-order valence-electron chi connectivity index (χ4n) is 2.75. The third-order valence-corrected chi connectivity index (χ3v) is 4.05. The SMILES string of the molecule is C#CCOC1C(=O)NOc2cc(F)c(-n3c(=O)[nH]c(C(F)(F)F)c(C)c3=O)cc21. The van der Waals surface area contributed by atoms with Crippen LogP contribution in [0, 0.1) is 25.1 Å². The number of ether oxygens (including phenoxy) is 1. The molecule has 0 saturated carbocycles. The molecule has 29 heavy (non-hydrogen) atoms. The largest absolute Gasteiger partial charge is 0.431 e. The topological polar surface area (TPSA) is 102 Å². The van der Waals surface area contributed by atoms with E-state index in [1.165, 1.54) is 4.98 Å². The number of alkyl halides is 3. The fourth-order valence-corrected chi connectivity index (χ4v) is 2.75. The second kappa shape index (κ2) is 7.10. The first-order valence-corrected chi connectivity index (χ1v) is 7.85. The van der Waals surface area contributed by atoms with Crippen LogP contribution in [0.15, 0.2) is 21.7 Å². The van der Waals surface area contributed by atoms with E-state index in [0.29, 0.717) is 0 Å². The van der Waals surface area contributed by atoms with Gasteiger partial charge >= 0.3 is 11.9 Å². The van der Waals surface area contributed by atoms with E-state index in [1.807, 2.05) is 5.48 Å². The van der Waals surface area contributed by atoms with E-state index in [1.54, 1.807) is 0 Å². The van der Waals surface area contributed by atoms with Crippen molar-refractivity contribution in [2.45, 2.75) is 19.2 Å². The number of aromatic amines is 1. The van der Waals surface area contributed by atoms with Crippen molar-refractivity contribution in [3.63, 3.8) is 0 Å². The van der Waals surface area contributed by atoms with Crippen LogP contribution in [0.5, 0.6) is 5.75 Å². The number of hydrogen-bond acceptors (Lipinski definition) is 5. The van der Waals surface area contributed by atoms with E-state index >= 15 is 0 Å². The summed E-state index contributed by atoms with van der Waals surface area (Å²) in [5.74, 6) is -0.0179. The Balaban J connectivity index is 2.24. The first kappa shape index (κ1) is 20.2. The van der Waals surface area contributed by atoms with Gasteiger partial charge in [0.15, 0.2) is 17.7 Å². The summed E-state index contributed by atoms with van der Waals surface area (Å²) in [5, 5.41) is 0. The molecule has 3 rings (SSSR count). The van der Waals surface area contributed by atoms with Crippen molar-refractivity contribution < 1.29 is 31.9 Å². The number of carbonyl (C=O) groups excluding carboxylic acids is 1. The van der Waals surface area contributed by atoms with Gasteiger partial charge in [0.1, 0.15) is 12.3 Å². The summed E-state index contributed by atoms with van der Waals surface area (Å²) >= 11 is 0. The Bertz CT molecular complexity index is 1160. The highest BCUT2D eigenvalue weighted by atomic mass is 19.4. The number of amides is 1. The predicted molar refractivity (Wildman–Crippen MR) is 88.7 cm³/mol. The number of halogens is 4. The molecule has 1 amide bonds. The maximum Gasteiger partial charge on any atom is 0.431 e. The molecule has 1 aromatic heterocycles. The Morgan fingerprint density at radius 1 is 1.31 bits per heavy atom. The minimum atomic E-state index is -4.99.